The monoisotopic (exact) mass is 288 g/mol. The molecular weight excluding hydrogens is 260 g/mol. The molecule has 3 heteroatoms. The van der Waals surface area contributed by atoms with Crippen LogP contribution in [0.15, 0.2) is 18.2 Å². The summed E-state index contributed by atoms with van der Waals surface area (Å²) in [6.07, 6.45) is 0. The maximum absolute atomic E-state index is 5.67. The molecule has 2 aromatic rings. The maximum atomic E-state index is 5.67. The molecule has 0 fully saturated rings. The van der Waals surface area contributed by atoms with E-state index in [-0.39, 0.29) is 0 Å². The van der Waals surface area contributed by atoms with Crippen LogP contribution < -0.4 is 10.1 Å². The normalized spacial score (nSPS) is 11.5. The van der Waals surface area contributed by atoms with Crippen molar-refractivity contribution < 1.29 is 4.74 Å². The van der Waals surface area contributed by atoms with Crippen molar-refractivity contribution in [2.24, 2.45) is 5.92 Å². The molecule has 3 nitrogen and oxygen atoms in total. The molecule has 0 aliphatic rings. The fourth-order valence-corrected chi connectivity index (χ4v) is 2.86. The predicted molar refractivity (Wildman–Crippen MR) is 90.1 cm³/mol. The van der Waals surface area contributed by atoms with E-state index in [0.717, 1.165) is 25.4 Å². The van der Waals surface area contributed by atoms with E-state index in [1.165, 1.54) is 22.2 Å². The van der Waals surface area contributed by atoms with E-state index in [1.54, 1.807) is 0 Å². The third kappa shape index (κ3) is 3.41. The Balaban J connectivity index is 2.54. The molecule has 0 bridgehead atoms. The number of fused-ring (bicyclic) bond motifs is 1. The van der Waals surface area contributed by atoms with Crippen molar-refractivity contribution in [2.75, 3.05) is 13.2 Å². The number of hydrogen-bond acceptors (Lipinski definition) is 2. The van der Waals surface area contributed by atoms with Crippen LogP contribution in [0.25, 0.3) is 10.9 Å². The van der Waals surface area contributed by atoms with Gasteiger partial charge in [0, 0.05) is 29.7 Å². The van der Waals surface area contributed by atoms with Crippen LogP contribution in [-0.2, 0) is 13.1 Å². The summed E-state index contributed by atoms with van der Waals surface area (Å²) < 4.78 is 8.12. The van der Waals surface area contributed by atoms with Gasteiger partial charge in [-0.2, -0.15) is 0 Å². The lowest BCUT2D eigenvalue weighted by atomic mass is 10.1. The van der Waals surface area contributed by atoms with Gasteiger partial charge in [-0.25, -0.2) is 0 Å². The van der Waals surface area contributed by atoms with Crippen LogP contribution in [0.1, 0.15) is 39.0 Å². The predicted octanol–water partition coefficient (Wildman–Crippen LogP) is 4.11. The molecule has 1 N–H and O–H groups in total. The Labute approximate surface area is 128 Å². The summed E-state index contributed by atoms with van der Waals surface area (Å²) in [4.78, 5) is 0. The van der Waals surface area contributed by atoms with Crippen molar-refractivity contribution in [1.29, 1.82) is 0 Å². The van der Waals surface area contributed by atoms with Crippen molar-refractivity contribution >= 4 is 10.9 Å². The molecule has 0 aliphatic carbocycles. The lowest BCUT2D eigenvalue weighted by Gasteiger charge is -2.11. The van der Waals surface area contributed by atoms with Crippen LogP contribution in [0.5, 0.6) is 5.75 Å². The average molecular weight is 288 g/mol. The smallest absolute Gasteiger partial charge is 0.120 e. The second-order valence-electron chi connectivity index (χ2n) is 5.96. The Bertz CT molecular complexity index is 599. The van der Waals surface area contributed by atoms with Gasteiger partial charge in [0.05, 0.1) is 6.61 Å². The van der Waals surface area contributed by atoms with Gasteiger partial charge in [-0.05, 0) is 50.1 Å². The summed E-state index contributed by atoms with van der Waals surface area (Å²) in [5.74, 6) is 1.60. The molecule has 1 aromatic heterocycles. The summed E-state index contributed by atoms with van der Waals surface area (Å²) in [7, 11) is 0. The largest absolute Gasteiger partial charge is 0.494 e. The summed E-state index contributed by atoms with van der Waals surface area (Å²) >= 11 is 0. The highest BCUT2D eigenvalue weighted by Gasteiger charge is 2.15. The zero-order valence-electron chi connectivity index (χ0n) is 14.0. The minimum atomic E-state index is 0.637. The van der Waals surface area contributed by atoms with E-state index in [2.05, 4.69) is 55.8 Å². The molecule has 21 heavy (non-hydrogen) atoms. The molecule has 0 spiro atoms. The lowest BCUT2D eigenvalue weighted by Crippen LogP contribution is -2.13. The summed E-state index contributed by atoms with van der Waals surface area (Å²) in [6.45, 7) is 14.6. The Morgan fingerprint density at radius 1 is 1.24 bits per heavy atom. The Morgan fingerprint density at radius 2 is 2.00 bits per heavy atom. The first kappa shape index (κ1) is 15.9. The fourth-order valence-electron chi connectivity index (χ4n) is 2.86. The summed E-state index contributed by atoms with van der Waals surface area (Å²) in [6, 6.07) is 6.47. The van der Waals surface area contributed by atoms with Crippen molar-refractivity contribution in [3.8, 4) is 5.75 Å². The van der Waals surface area contributed by atoms with E-state index in [1.807, 2.05) is 6.92 Å². The quantitative estimate of drug-likeness (QED) is 0.829. The number of rotatable bonds is 7. The molecule has 1 aromatic carbocycles. The molecule has 0 atom stereocenters. The van der Waals surface area contributed by atoms with E-state index >= 15 is 0 Å². The molecule has 1 heterocycles. The van der Waals surface area contributed by atoms with Crippen LogP contribution in [0.3, 0.4) is 0 Å². The number of benzene rings is 1. The second-order valence-corrected chi connectivity index (χ2v) is 5.96. The topological polar surface area (TPSA) is 26.2 Å². The summed E-state index contributed by atoms with van der Waals surface area (Å²) in [5, 5.41) is 4.78. The maximum Gasteiger partial charge on any atom is 0.120 e. The minimum Gasteiger partial charge on any atom is -0.494 e. The Hall–Kier alpha value is -1.48. The average Bonchev–Trinajstić information content (AvgIpc) is 2.69. The van der Waals surface area contributed by atoms with Gasteiger partial charge in [0.2, 0.25) is 0 Å². The molecule has 0 radical (unpaired) electrons. The van der Waals surface area contributed by atoms with Gasteiger partial charge in [-0.1, -0.05) is 20.8 Å². The third-order valence-electron chi connectivity index (χ3n) is 3.84. The zero-order valence-corrected chi connectivity index (χ0v) is 14.0. The van der Waals surface area contributed by atoms with E-state index in [0.29, 0.717) is 12.5 Å². The van der Waals surface area contributed by atoms with Crippen molar-refractivity contribution in [3.05, 3.63) is 29.5 Å². The summed E-state index contributed by atoms with van der Waals surface area (Å²) in [5.41, 5.74) is 4.08. The minimum absolute atomic E-state index is 0.637. The van der Waals surface area contributed by atoms with E-state index in [4.69, 9.17) is 4.74 Å². The van der Waals surface area contributed by atoms with Gasteiger partial charge in [0.25, 0.3) is 0 Å². The van der Waals surface area contributed by atoms with Crippen molar-refractivity contribution in [3.63, 3.8) is 0 Å². The second kappa shape index (κ2) is 6.99. The van der Waals surface area contributed by atoms with Crippen LogP contribution >= 0.6 is 0 Å². The first-order valence-corrected chi connectivity index (χ1v) is 8.03. The third-order valence-corrected chi connectivity index (χ3v) is 3.84. The van der Waals surface area contributed by atoms with Gasteiger partial charge in [0.15, 0.2) is 0 Å². The fraction of sp³-hybridized carbons (Fsp3) is 0.556. The van der Waals surface area contributed by atoms with Crippen LogP contribution in [0.2, 0.25) is 0 Å². The van der Waals surface area contributed by atoms with Gasteiger partial charge < -0.3 is 14.6 Å². The number of nitrogens with zero attached hydrogens (tertiary/aromatic N) is 1. The standard InChI is InChI=1S/C18H28N2O/c1-6-19-11-17-14(5)20(12-13(3)4)18-9-8-15(21-7-2)10-16(17)18/h8-10,13,19H,6-7,11-12H2,1-5H3. The highest BCUT2D eigenvalue weighted by Crippen LogP contribution is 2.30. The van der Waals surface area contributed by atoms with Gasteiger partial charge >= 0.3 is 0 Å². The Morgan fingerprint density at radius 3 is 2.62 bits per heavy atom. The molecule has 0 unspecified atom stereocenters. The molecule has 0 aliphatic heterocycles. The van der Waals surface area contributed by atoms with Gasteiger partial charge in [-0.3, -0.25) is 0 Å². The van der Waals surface area contributed by atoms with Crippen LogP contribution in [0, 0.1) is 12.8 Å². The first-order valence-electron chi connectivity index (χ1n) is 8.03. The number of aromatic nitrogens is 1. The van der Waals surface area contributed by atoms with Gasteiger partial charge in [-0.15, -0.1) is 0 Å². The van der Waals surface area contributed by atoms with Gasteiger partial charge in [0.1, 0.15) is 5.75 Å². The first-order chi connectivity index (χ1) is 10.1. The molecule has 116 valence electrons. The highest BCUT2D eigenvalue weighted by molar-refractivity contribution is 5.87. The van der Waals surface area contributed by atoms with Crippen molar-refractivity contribution in [2.45, 2.75) is 47.7 Å². The lowest BCUT2D eigenvalue weighted by molar-refractivity contribution is 0.340. The number of hydrogen-bond donors (Lipinski definition) is 1. The van der Waals surface area contributed by atoms with E-state index < -0.39 is 0 Å². The Kier molecular flexibility index (Phi) is 5.29. The molecule has 0 saturated heterocycles. The van der Waals surface area contributed by atoms with E-state index in [9.17, 15) is 0 Å². The molecular formula is C18H28N2O. The highest BCUT2D eigenvalue weighted by atomic mass is 16.5. The molecule has 0 saturated carbocycles. The zero-order chi connectivity index (χ0) is 15.4. The van der Waals surface area contributed by atoms with Crippen LogP contribution in [-0.4, -0.2) is 17.7 Å². The molecule has 2 rings (SSSR count). The SMILES string of the molecule is CCNCc1c(C)n(CC(C)C)c2ccc(OCC)cc12. The van der Waals surface area contributed by atoms with Crippen LogP contribution in [0.4, 0.5) is 0 Å². The molecule has 0 amide bonds. The number of ether oxygens (including phenoxy) is 1. The number of nitrogens with one attached hydrogen (secondary N) is 1. The van der Waals surface area contributed by atoms with Crippen molar-refractivity contribution in [1.82, 2.24) is 9.88 Å².